The van der Waals surface area contributed by atoms with Crippen LogP contribution in [0.2, 0.25) is 0 Å². The van der Waals surface area contributed by atoms with Crippen molar-refractivity contribution in [3.8, 4) is 0 Å². The Kier molecular flexibility index (Phi) is 6.69. The van der Waals surface area contributed by atoms with Crippen molar-refractivity contribution in [2.75, 3.05) is 6.54 Å². The molecule has 98 valence electrons. The molecular formula is C10H19N3O4. The SMILES string of the molecule is CC(C)NC(=O)CNC(=O)NC(C)CC(=O)O. The van der Waals surface area contributed by atoms with Crippen LogP contribution in [-0.4, -0.2) is 41.6 Å². The van der Waals surface area contributed by atoms with E-state index < -0.39 is 18.0 Å². The molecule has 1 unspecified atom stereocenters. The molecule has 0 spiro atoms. The fourth-order valence-corrected chi connectivity index (χ4v) is 1.12. The molecule has 4 N–H and O–H groups in total. The monoisotopic (exact) mass is 245 g/mol. The molecule has 0 aliphatic rings. The van der Waals surface area contributed by atoms with Gasteiger partial charge in [0.1, 0.15) is 0 Å². The quantitative estimate of drug-likeness (QED) is 0.514. The fourth-order valence-electron chi connectivity index (χ4n) is 1.12. The average Bonchev–Trinajstić information content (AvgIpc) is 2.12. The van der Waals surface area contributed by atoms with E-state index in [9.17, 15) is 14.4 Å². The van der Waals surface area contributed by atoms with Gasteiger partial charge in [-0.2, -0.15) is 0 Å². The van der Waals surface area contributed by atoms with Gasteiger partial charge in [-0.1, -0.05) is 0 Å². The van der Waals surface area contributed by atoms with E-state index in [1.807, 2.05) is 13.8 Å². The largest absolute Gasteiger partial charge is 0.481 e. The minimum absolute atomic E-state index is 0.0123. The number of carbonyl (C=O) groups is 3. The van der Waals surface area contributed by atoms with Gasteiger partial charge in [0.15, 0.2) is 0 Å². The van der Waals surface area contributed by atoms with Gasteiger partial charge in [-0.05, 0) is 20.8 Å². The van der Waals surface area contributed by atoms with Gasteiger partial charge in [-0.25, -0.2) is 4.79 Å². The number of carboxylic acids is 1. The minimum atomic E-state index is -0.990. The average molecular weight is 245 g/mol. The number of carboxylic acid groups (broad SMARTS) is 1. The maximum Gasteiger partial charge on any atom is 0.315 e. The van der Waals surface area contributed by atoms with E-state index in [0.717, 1.165) is 0 Å². The number of urea groups is 1. The second-order valence-corrected chi connectivity index (χ2v) is 4.05. The summed E-state index contributed by atoms with van der Waals surface area (Å²) in [4.78, 5) is 32.7. The number of carbonyl (C=O) groups excluding carboxylic acids is 2. The molecule has 0 radical (unpaired) electrons. The lowest BCUT2D eigenvalue weighted by Crippen LogP contribution is -2.46. The summed E-state index contributed by atoms with van der Waals surface area (Å²) in [7, 11) is 0. The number of amides is 3. The standard InChI is InChI=1S/C10H19N3O4/c1-6(2)12-8(14)5-11-10(17)13-7(3)4-9(15)16/h6-7H,4-5H2,1-3H3,(H,12,14)(H,15,16)(H2,11,13,17). The predicted octanol–water partition coefficient (Wildman–Crippen LogP) is -0.327. The summed E-state index contributed by atoms with van der Waals surface area (Å²) in [5, 5.41) is 15.8. The summed E-state index contributed by atoms with van der Waals surface area (Å²) in [6.07, 6.45) is -0.161. The van der Waals surface area contributed by atoms with Crippen LogP contribution >= 0.6 is 0 Å². The van der Waals surface area contributed by atoms with E-state index in [1.54, 1.807) is 6.92 Å². The Labute approximate surface area is 100.0 Å². The van der Waals surface area contributed by atoms with Crippen LogP contribution < -0.4 is 16.0 Å². The summed E-state index contributed by atoms with van der Waals surface area (Å²) in [6, 6.07) is -1.03. The Bertz CT molecular complexity index is 291. The Morgan fingerprint density at radius 2 is 1.71 bits per heavy atom. The third-order valence-corrected chi connectivity index (χ3v) is 1.72. The highest BCUT2D eigenvalue weighted by Gasteiger charge is 2.11. The zero-order chi connectivity index (χ0) is 13.4. The third kappa shape index (κ3) is 9.16. The van der Waals surface area contributed by atoms with Crippen molar-refractivity contribution in [3.05, 3.63) is 0 Å². The molecule has 0 bridgehead atoms. The molecule has 0 aromatic heterocycles. The maximum atomic E-state index is 11.2. The first-order valence-electron chi connectivity index (χ1n) is 5.36. The molecule has 0 saturated heterocycles. The molecule has 0 fully saturated rings. The second kappa shape index (κ2) is 7.48. The highest BCUT2D eigenvalue weighted by Crippen LogP contribution is 1.89. The van der Waals surface area contributed by atoms with E-state index in [4.69, 9.17) is 5.11 Å². The van der Waals surface area contributed by atoms with Crippen LogP contribution in [0.15, 0.2) is 0 Å². The number of hydrogen-bond acceptors (Lipinski definition) is 3. The van der Waals surface area contributed by atoms with Gasteiger partial charge in [0.25, 0.3) is 0 Å². The van der Waals surface area contributed by atoms with Crippen molar-refractivity contribution < 1.29 is 19.5 Å². The molecule has 7 heteroatoms. The van der Waals surface area contributed by atoms with Crippen molar-refractivity contribution in [2.45, 2.75) is 39.3 Å². The lowest BCUT2D eigenvalue weighted by Gasteiger charge is -2.13. The number of nitrogens with one attached hydrogen (secondary N) is 3. The molecule has 0 aromatic rings. The molecule has 0 aliphatic carbocycles. The van der Waals surface area contributed by atoms with Crippen LogP contribution in [0.4, 0.5) is 4.79 Å². The first kappa shape index (κ1) is 15.2. The van der Waals surface area contributed by atoms with Crippen LogP contribution in [0.3, 0.4) is 0 Å². The maximum absolute atomic E-state index is 11.2. The first-order valence-corrected chi connectivity index (χ1v) is 5.36. The smallest absolute Gasteiger partial charge is 0.315 e. The molecule has 17 heavy (non-hydrogen) atoms. The molecular weight excluding hydrogens is 226 g/mol. The van der Waals surface area contributed by atoms with Crippen molar-refractivity contribution in [3.63, 3.8) is 0 Å². The van der Waals surface area contributed by atoms with Crippen molar-refractivity contribution in [1.29, 1.82) is 0 Å². The van der Waals surface area contributed by atoms with Crippen LogP contribution in [-0.2, 0) is 9.59 Å². The first-order chi connectivity index (χ1) is 7.81. The summed E-state index contributed by atoms with van der Waals surface area (Å²) in [5.41, 5.74) is 0. The zero-order valence-electron chi connectivity index (χ0n) is 10.2. The summed E-state index contributed by atoms with van der Waals surface area (Å²) in [5.74, 6) is -1.28. The summed E-state index contributed by atoms with van der Waals surface area (Å²) in [6.45, 7) is 5.06. The summed E-state index contributed by atoms with van der Waals surface area (Å²) < 4.78 is 0. The lowest BCUT2D eigenvalue weighted by molar-refractivity contribution is -0.137. The topological polar surface area (TPSA) is 108 Å². The van der Waals surface area contributed by atoms with Gasteiger partial charge < -0.3 is 21.1 Å². The van der Waals surface area contributed by atoms with Gasteiger partial charge in [-0.3, -0.25) is 9.59 Å². The molecule has 1 atom stereocenters. The van der Waals surface area contributed by atoms with Crippen LogP contribution in [0.5, 0.6) is 0 Å². The number of hydrogen-bond donors (Lipinski definition) is 4. The van der Waals surface area contributed by atoms with Gasteiger partial charge in [0.05, 0.1) is 13.0 Å². The van der Waals surface area contributed by atoms with Crippen LogP contribution in [0, 0.1) is 0 Å². The van der Waals surface area contributed by atoms with Crippen molar-refractivity contribution >= 4 is 17.9 Å². The Hall–Kier alpha value is -1.79. The van der Waals surface area contributed by atoms with Gasteiger partial charge in [-0.15, -0.1) is 0 Å². The van der Waals surface area contributed by atoms with E-state index in [0.29, 0.717) is 0 Å². The Morgan fingerprint density at radius 1 is 1.12 bits per heavy atom. The minimum Gasteiger partial charge on any atom is -0.481 e. The van der Waals surface area contributed by atoms with Gasteiger partial charge in [0.2, 0.25) is 5.91 Å². The van der Waals surface area contributed by atoms with E-state index in [2.05, 4.69) is 16.0 Å². The van der Waals surface area contributed by atoms with Crippen molar-refractivity contribution in [2.24, 2.45) is 0 Å². The van der Waals surface area contributed by atoms with E-state index in [-0.39, 0.29) is 24.9 Å². The van der Waals surface area contributed by atoms with Gasteiger partial charge in [0, 0.05) is 12.1 Å². The molecule has 7 nitrogen and oxygen atoms in total. The van der Waals surface area contributed by atoms with E-state index in [1.165, 1.54) is 0 Å². The second-order valence-electron chi connectivity index (χ2n) is 4.05. The molecule has 0 aliphatic heterocycles. The zero-order valence-corrected chi connectivity index (χ0v) is 10.2. The number of aliphatic carboxylic acids is 1. The van der Waals surface area contributed by atoms with Crippen molar-refractivity contribution in [1.82, 2.24) is 16.0 Å². The van der Waals surface area contributed by atoms with Crippen LogP contribution in [0.25, 0.3) is 0 Å². The highest BCUT2D eigenvalue weighted by atomic mass is 16.4. The fraction of sp³-hybridized carbons (Fsp3) is 0.700. The third-order valence-electron chi connectivity index (χ3n) is 1.72. The Morgan fingerprint density at radius 3 is 2.18 bits per heavy atom. The molecule has 0 saturated carbocycles. The predicted molar refractivity (Wildman–Crippen MR) is 61.5 cm³/mol. The molecule has 0 heterocycles. The summed E-state index contributed by atoms with van der Waals surface area (Å²) >= 11 is 0. The Balaban J connectivity index is 3.79. The molecule has 0 rings (SSSR count). The normalized spacial score (nSPS) is 11.8. The molecule has 0 aromatic carbocycles. The van der Waals surface area contributed by atoms with Crippen LogP contribution in [0.1, 0.15) is 27.2 Å². The van der Waals surface area contributed by atoms with Gasteiger partial charge >= 0.3 is 12.0 Å². The molecule has 3 amide bonds. The lowest BCUT2D eigenvalue weighted by atomic mass is 10.2. The highest BCUT2D eigenvalue weighted by molar-refractivity contribution is 5.84. The number of rotatable bonds is 6. The van der Waals surface area contributed by atoms with E-state index >= 15 is 0 Å².